The molecule has 0 radical (unpaired) electrons. The van der Waals surface area contributed by atoms with E-state index in [1.165, 1.54) is 0 Å². The zero-order chi connectivity index (χ0) is 14.2. The van der Waals surface area contributed by atoms with Gasteiger partial charge in [-0.1, -0.05) is 0 Å². The van der Waals surface area contributed by atoms with Crippen LogP contribution in [0.15, 0.2) is 0 Å². The Hall–Kier alpha value is -1.10. The van der Waals surface area contributed by atoms with Crippen molar-refractivity contribution in [1.82, 2.24) is 15.1 Å². The van der Waals surface area contributed by atoms with Crippen LogP contribution in [0.25, 0.3) is 0 Å². The molecule has 108 valence electrons. The Bertz CT molecular complexity index is 344. The molecule has 2 amide bonds. The molecule has 0 aromatic rings. The Balaban J connectivity index is 2.20. The first-order chi connectivity index (χ1) is 8.91. The fourth-order valence-electron chi connectivity index (χ4n) is 3.35. The maximum atomic E-state index is 12.8. The van der Waals surface area contributed by atoms with Gasteiger partial charge in [0.15, 0.2) is 0 Å². The number of Topliss-reactive ketones (excluding diaryl/α,β-unsaturated/α-hetero) is 1. The Kier molecular flexibility index (Phi) is 4.13. The third-order valence-electron chi connectivity index (χ3n) is 4.03. The average molecular weight is 267 g/mol. The molecule has 2 bridgehead atoms. The summed E-state index contributed by atoms with van der Waals surface area (Å²) in [7, 11) is 0. The van der Waals surface area contributed by atoms with Gasteiger partial charge in [-0.05, 0) is 27.7 Å². The molecule has 2 atom stereocenters. The van der Waals surface area contributed by atoms with Crippen LogP contribution in [0.5, 0.6) is 0 Å². The van der Waals surface area contributed by atoms with Crippen molar-refractivity contribution in [3.05, 3.63) is 0 Å². The summed E-state index contributed by atoms with van der Waals surface area (Å²) in [5.41, 5.74) is 0. The van der Waals surface area contributed by atoms with Gasteiger partial charge in [-0.25, -0.2) is 4.79 Å². The van der Waals surface area contributed by atoms with Crippen molar-refractivity contribution in [3.8, 4) is 0 Å². The first-order valence-corrected chi connectivity index (χ1v) is 7.24. The van der Waals surface area contributed by atoms with Crippen LogP contribution in [0.3, 0.4) is 0 Å². The van der Waals surface area contributed by atoms with Gasteiger partial charge in [0.05, 0.1) is 12.1 Å². The second-order valence-electron chi connectivity index (χ2n) is 6.20. The molecule has 2 aliphatic rings. The summed E-state index contributed by atoms with van der Waals surface area (Å²) in [5.74, 6) is 0.293. The molecule has 0 saturated carbocycles. The predicted octanol–water partition coefficient (Wildman–Crippen LogP) is 1.23. The van der Waals surface area contributed by atoms with E-state index < -0.39 is 0 Å². The summed E-state index contributed by atoms with van der Waals surface area (Å²) in [6.07, 6.45) is 0.999. The Morgan fingerprint density at radius 1 is 1.16 bits per heavy atom. The van der Waals surface area contributed by atoms with Crippen LogP contribution < -0.4 is 5.32 Å². The second-order valence-corrected chi connectivity index (χ2v) is 6.20. The number of hydrogen-bond acceptors (Lipinski definition) is 3. The molecule has 1 N–H and O–H groups in total. The van der Waals surface area contributed by atoms with Crippen molar-refractivity contribution in [2.24, 2.45) is 0 Å². The standard InChI is InChI=1S/C14H25N3O2/c1-9(2)16(10(3)4)14(19)17-11-5-13(18)6-12(17)8-15-7-11/h9-12,15H,5-8H2,1-4H3. The van der Waals surface area contributed by atoms with Crippen LogP contribution in [-0.2, 0) is 4.79 Å². The minimum atomic E-state index is 0.0347. The van der Waals surface area contributed by atoms with E-state index in [0.29, 0.717) is 18.6 Å². The van der Waals surface area contributed by atoms with Gasteiger partial charge >= 0.3 is 6.03 Å². The van der Waals surface area contributed by atoms with Gasteiger partial charge in [0.2, 0.25) is 0 Å². The van der Waals surface area contributed by atoms with E-state index in [2.05, 4.69) is 5.32 Å². The van der Waals surface area contributed by atoms with Gasteiger partial charge in [-0.2, -0.15) is 0 Å². The Morgan fingerprint density at radius 2 is 1.63 bits per heavy atom. The van der Waals surface area contributed by atoms with Gasteiger partial charge in [0.1, 0.15) is 5.78 Å². The van der Waals surface area contributed by atoms with E-state index in [9.17, 15) is 9.59 Å². The number of rotatable bonds is 2. The lowest BCUT2D eigenvalue weighted by atomic mass is 9.91. The second kappa shape index (κ2) is 5.49. The summed E-state index contributed by atoms with van der Waals surface area (Å²) < 4.78 is 0. The number of nitrogens with zero attached hydrogens (tertiary/aromatic N) is 2. The highest BCUT2D eigenvalue weighted by molar-refractivity contribution is 5.85. The van der Waals surface area contributed by atoms with Crippen LogP contribution in [0.2, 0.25) is 0 Å². The maximum Gasteiger partial charge on any atom is 0.321 e. The number of carbonyl (C=O) groups is 2. The molecule has 2 aliphatic heterocycles. The monoisotopic (exact) mass is 267 g/mol. The van der Waals surface area contributed by atoms with Crippen molar-refractivity contribution in [2.75, 3.05) is 13.1 Å². The van der Waals surface area contributed by atoms with Crippen molar-refractivity contribution in [2.45, 2.75) is 64.7 Å². The zero-order valence-corrected chi connectivity index (χ0v) is 12.3. The van der Waals surface area contributed by atoms with Crippen molar-refractivity contribution >= 4 is 11.8 Å². The molecular weight excluding hydrogens is 242 g/mol. The lowest BCUT2D eigenvalue weighted by molar-refractivity contribution is -0.125. The van der Waals surface area contributed by atoms with Crippen LogP contribution in [-0.4, -0.2) is 58.9 Å². The lowest BCUT2D eigenvalue weighted by Crippen LogP contribution is -2.66. The fraction of sp³-hybridized carbons (Fsp3) is 0.857. The summed E-state index contributed by atoms with van der Waals surface area (Å²) in [6, 6.07) is 0.520. The molecule has 5 nitrogen and oxygen atoms in total. The molecule has 2 fully saturated rings. The first kappa shape index (κ1) is 14.3. The van der Waals surface area contributed by atoms with Gasteiger partial charge in [0, 0.05) is 38.0 Å². The normalized spacial score (nSPS) is 27.1. The molecule has 19 heavy (non-hydrogen) atoms. The minimum Gasteiger partial charge on any atom is -0.320 e. The summed E-state index contributed by atoms with van der Waals surface area (Å²) in [5, 5.41) is 3.32. The fourth-order valence-corrected chi connectivity index (χ4v) is 3.35. The number of piperazine rings is 1. The molecule has 5 heteroatoms. The number of urea groups is 1. The van der Waals surface area contributed by atoms with E-state index in [1.807, 2.05) is 37.5 Å². The molecule has 2 unspecified atom stereocenters. The summed E-state index contributed by atoms with van der Waals surface area (Å²) >= 11 is 0. The van der Waals surface area contributed by atoms with E-state index in [1.54, 1.807) is 0 Å². The maximum absolute atomic E-state index is 12.8. The van der Waals surface area contributed by atoms with Crippen LogP contribution in [0.1, 0.15) is 40.5 Å². The molecule has 0 aromatic carbocycles. The van der Waals surface area contributed by atoms with Crippen LogP contribution in [0.4, 0.5) is 4.79 Å². The summed E-state index contributed by atoms with van der Waals surface area (Å²) in [4.78, 5) is 28.4. The Morgan fingerprint density at radius 3 is 2.05 bits per heavy atom. The number of ketones is 1. The van der Waals surface area contributed by atoms with Crippen molar-refractivity contribution in [1.29, 1.82) is 0 Å². The van der Waals surface area contributed by atoms with Crippen molar-refractivity contribution < 1.29 is 9.59 Å². The third-order valence-corrected chi connectivity index (χ3v) is 4.03. The third kappa shape index (κ3) is 2.76. The Labute approximate surface area is 115 Å². The van der Waals surface area contributed by atoms with Crippen LogP contribution >= 0.6 is 0 Å². The van der Waals surface area contributed by atoms with E-state index in [-0.39, 0.29) is 30.2 Å². The largest absolute Gasteiger partial charge is 0.321 e. The predicted molar refractivity (Wildman–Crippen MR) is 74.0 cm³/mol. The number of amides is 2. The number of piperidine rings is 1. The molecule has 0 aromatic heterocycles. The number of fused-ring (bicyclic) bond motifs is 2. The average Bonchev–Trinajstić information content (AvgIpc) is 2.26. The SMILES string of the molecule is CC(C)N(C(=O)N1C2CNCC1CC(=O)C2)C(C)C. The van der Waals surface area contributed by atoms with Gasteiger partial charge in [0.25, 0.3) is 0 Å². The quantitative estimate of drug-likeness (QED) is 0.819. The molecule has 0 aliphatic carbocycles. The van der Waals surface area contributed by atoms with Gasteiger partial charge in [-0.3, -0.25) is 4.79 Å². The molecule has 2 heterocycles. The number of carbonyl (C=O) groups excluding carboxylic acids is 2. The first-order valence-electron chi connectivity index (χ1n) is 7.24. The van der Waals surface area contributed by atoms with Gasteiger partial charge < -0.3 is 15.1 Å². The highest BCUT2D eigenvalue weighted by Crippen LogP contribution is 2.26. The highest BCUT2D eigenvalue weighted by atomic mass is 16.2. The van der Waals surface area contributed by atoms with Crippen LogP contribution in [0, 0.1) is 0 Å². The molecular formula is C14H25N3O2. The van der Waals surface area contributed by atoms with E-state index in [4.69, 9.17) is 0 Å². The number of hydrogen-bond donors (Lipinski definition) is 1. The number of nitrogens with one attached hydrogen (secondary N) is 1. The smallest absolute Gasteiger partial charge is 0.320 e. The van der Waals surface area contributed by atoms with E-state index in [0.717, 1.165) is 13.1 Å². The van der Waals surface area contributed by atoms with E-state index >= 15 is 0 Å². The zero-order valence-electron chi connectivity index (χ0n) is 12.3. The van der Waals surface area contributed by atoms with Crippen molar-refractivity contribution in [3.63, 3.8) is 0 Å². The summed E-state index contributed by atoms with van der Waals surface area (Å²) in [6.45, 7) is 9.64. The minimum absolute atomic E-state index is 0.0347. The molecule has 2 rings (SSSR count). The molecule has 0 spiro atoms. The molecule has 2 saturated heterocycles. The van der Waals surface area contributed by atoms with Gasteiger partial charge in [-0.15, -0.1) is 0 Å². The highest BCUT2D eigenvalue weighted by Gasteiger charge is 2.42. The lowest BCUT2D eigenvalue weighted by Gasteiger charge is -2.48. The topological polar surface area (TPSA) is 52.7 Å².